The second-order valence-corrected chi connectivity index (χ2v) is 10.2. The number of fused-ring (bicyclic) bond motifs is 6. The van der Waals surface area contributed by atoms with Crippen molar-refractivity contribution in [3.05, 3.63) is 137 Å². The van der Waals surface area contributed by atoms with E-state index < -0.39 is 0 Å². The van der Waals surface area contributed by atoms with Crippen molar-refractivity contribution < 1.29 is 0 Å². The van der Waals surface area contributed by atoms with Crippen LogP contribution in [0.1, 0.15) is 16.7 Å². The van der Waals surface area contributed by atoms with Gasteiger partial charge in [0.15, 0.2) is 0 Å². The highest BCUT2D eigenvalue weighted by atomic mass is 79.9. The fourth-order valence-electron chi connectivity index (χ4n) is 5.33. The first-order valence-corrected chi connectivity index (χ1v) is 12.8. The van der Waals surface area contributed by atoms with Crippen molar-refractivity contribution >= 4 is 53.8 Å². The molecule has 0 radical (unpaired) electrons. The number of halogens is 1. The Kier molecular flexibility index (Phi) is 5.51. The van der Waals surface area contributed by atoms with E-state index in [2.05, 4.69) is 139 Å². The highest BCUT2D eigenvalue weighted by Crippen LogP contribution is 2.37. The van der Waals surface area contributed by atoms with Crippen molar-refractivity contribution in [1.29, 1.82) is 0 Å². The lowest BCUT2D eigenvalue weighted by atomic mass is 9.89. The van der Waals surface area contributed by atoms with Crippen LogP contribution < -0.4 is 0 Å². The Labute approximate surface area is 214 Å². The summed E-state index contributed by atoms with van der Waals surface area (Å²) in [4.78, 5) is 0. The normalized spacial score (nSPS) is 11.4. The Morgan fingerprint density at radius 1 is 0.600 bits per heavy atom. The monoisotopic (exact) mass is 512 g/mol. The van der Waals surface area contributed by atoms with E-state index in [1.165, 1.54) is 60.1 Å². The van der Waals surface area contributed by atoms with Crippen LogP contribution in [0.4, 0.5) is 0 Å². The molecule has 0 saturated carbocycles. The van der Waals surface area contributed by atoms with E-state index in [-0.39, 0.29) is 0 Å². The molecule has 0 atom stereocenters. The van der Waals surface area contributed by atoms with Gasteiger partial charge in [-0.1, -0.05) is 120 Å². The first-order chi connectivity index (χ1) is 17.1. The minimum Gasteiger partial charge on any atom is -0.0949 e. The SMILES string of the molecule is C=C(Cc1ccc2c3ccccc3c3ccccc3c2c1)c1ccc(Br)cc1-c1ccccc1C. The van der Waals surface area contributed by atoms with Gasteiger partial charge >= 0.3 is 0 Å². The molecular formula is C34H25Br. The maximum Gasteiger partial charge on any atom is 0.0181 e. The highest BCUT2D eigenvalue weighted by Gasteiger charge is 2.13. The molecule has 0 aliphatic rings. The van der Waals surface area contributed by atoms with Gasteiger partial charge in [-0.25, -0.2) is 0 Å². The highest BCUT2D eigenvalue weighted by molar-refractivity contribution is 9.10. The third kappa shape index (κ3) is 3.87. The Morgan fingerprint density at radius 2 is 1.17 bits per heavy atom. The second kappa shape index (κ2) is 8.83. The zero-order valence-corrected chi connectivity index (χ0v) is 21.3. The molecule has 0 spiro atoms. The minimum absolute atomic E-state index is 0.803. The van der Waals surface area contributed by atoms with Gasteiger partial charge in [0.25, 0.3) is 0 Å². The van der Waals surface area contributed by atoms with Crippen LogP contribution in [0.15, 0.2) is 120 Å². The van der Waals surface area contributed by atoms with Crippen molar-refractivity contribution in [2.24, 2.45) is 0 Å². The first-order valence-electron chi connectivity index (χ1n) is 12.0. The molecule has 0 heterocycles. The van der Waals surface area contributed by atoms with E-state index in [0.717, 1.165) is 16.5 Å². The molecule has 0 nitrogen and oxygen atoms in total. The first kappa shape index (κ1) is 21.8. The summed E-state index contributed by atoms with van der Waals surface area (Å²) in [7, 11) is 0. The third-order valence-corrected chi connectivity index (χ3v) is 7.52. The van der Waals surface area contributed by atoms with Crippen LogP contribution >= 0.6 is 15.9 Å². The fraction of sp³-hybridized carbons (Fsp3) is 0.0588. The molecule has 0 fully saturated rings. The Bertz CT molecular complexity index is 1720. The van der Waals surface area contributed by atoms with Gasteiger partial charge in [0.1, 0.15) is 0 Å². The van der Waals surface area contributed by atoms with Crippen LogP contribution in [0.2, 0.25) is 0 Å². The zero-order valence-electron chi connectivity index (χ0n) is 19.7. The van der Waals surface area contributed by atoms with Crippen molar-refractivity contribution in [1.82, 2.24) is 0 Å². The molecule has 0 N–H and O–H groups in total. The van der Waals surface area contributed by atoms with E-state index in [1.807, 2.05) is 0 Å². The van der Waals surface area contributed by atoms with Crippen molar-refractivity contribution in [3.63, 3.8) is 0 Å². The lowest BCUT2D eigenvalue weighted by molar-refractivity contribution is 1.30. The van der Waals surface area contributed by atoms with Gasteiger partial charge in [0.2, 0.25) is 0 Å². The van der Waals surface area contributed by atoms with Crippen LogP contribution in [-0.2, 0) is 6.42 Å². The summed E-state index contributed by atoms with van der Waals surface area (Å²) in [6, 6.07) is 39.5. The Morgan fingerprint density at radius 3 is 1.83 bits per heavy atom. The molecule has 6 aromatic rings. The van der Waals surface area contributed by atoms with Crippen LogP contribution in [-0.4, -0.2) is 0 Å². The summed E-state index contributed by atoms with van der Waals surface area (Å²) >= 11 is 3.67. The van der Waals surface area contributed by atoms with E-state index in [4.69, 9.17) is 0 Å². The van der Waals surface area contributed by atoms with Crippen molar-refractivity contribution in [3.8, 4) is 11.1 Å². The second-order valence-electron chi connectivity index (χ2n) is 9.26. The molecule has 0 amide bonds. The zero-order chi connectivity index (χ0) is 23.9. The summed E-state index contributed by atoms with van der Waals surface area (Å²) < 4.78 is 1.08. The van der Waals surface area contributed by atoms with E-state index in [9.17, 15) is 0 Å². The van der Waals surface area contributed by atoms with Gasteiger partial charge in [0, 0.05) is 4.47 Å². The Hall–Kier alpha value is -3.68. The molecule has 0 aliphatic carbocycles. The predicted octanol–water partition coefficient (Wildman–Crippen LogP) is 10.1. The van der Waals surface area contributed by atoms with Crippen LogP contribution in [0.5, 0.6) is 0 Å². The molecule has 0 aromatic heterocycles. The van der Waals surface area contributed by atoms with E-state index in [1.54, 1.807) is 0 Å². The molecule has 0 aliphatic heterocycles. The average Bonchev–Trinajstić information content (AvgIpc) is 2.89. The van der Waals surface area contributed by atoms with Gasteiger partial charge in [-0.05, 0) is 91.2 Å². The van der Waals surface area contributed by atoms with Crippen LogP contribution in [0.3, 0.4) is 0 Å². The summed E-state index contributed by atoms with van der Waals surface area (Å²) in [5, 5.41) is 7.84. The summed E-state index contributed by atoms with van der Waals surface area (Å²) in [5.41, 5.74) is 7.34. The summed E-state index contributed by atoms with van der Waals surface area (Å²) in [6.07, 6.45) is 0.803. The van der Waals surface area contributed by atoms with Gasteiger partial charge in [-0.3, -0.25) is 0 Å². The topological polar surface area (TPSA) is 0 Å². The standard InChI is InChI=1S/C34H25Br/c1-22-9-3-4-10-26(22)34-21-25(35)16-18-27(34)23(2)19-24-15-17-32-30-13-6-5-11-28(30)29-12-7-8-14-31(29)33(32)20-24/h3-18,20-21H,2,19H2,1H3. The van der Waals surface area contributed by atoms with Crippen LogP contribution in [0, 0.1) is 6.92 Å². The fourth-order valence-corrected chi connectivity index (χ4v) is 5.69. The molecular weight excluding hydrogens is 488 g/mol. The average molecular weight is 513 g/mol. The van der Waals surface area contributed by atoms with Crippen LogP contribution in [0.25, 0.3) is 49.0 Å². The molecule has 6 rings (SSSR count). The van der Waals surface area contributed by atoms with Gasteiger partial charge in [0.05, 0.1) is 0 Å². The number of hydrogen-bond acceptors (Lipinski definition) is 0. The molecule has 0 bridgehead atoms. The van der Waals surface area contributed by atoms with E-state index in [0.29, 0.717) is 0 Å². The maximum atomic E-state index is 4.54. The van der Waals surface area contributed by atoms with Gasteiger partial charge < -0.3 is 0 Å². The largest absolute Gasteiger partial charge is 0.0949 e. The molecule has 6 aromatic carbocycles. The van der Waals surface area contributed by atoms with Crippen molar-refractivity contribution in [2.45, 2.75) is 13.3 Å². The third-order valence-electron chi connectivity index (χ3n) is 7.02. The Balaban J connectivity index is 1.47. The number of hydrogen-bond donors (Lipinski definition) is 0. The summed E-state index contributed by atoms with van der Waals surface area (Å²) in [5.74, 6) is 0. The lowest BCUT2D eigenvalue weighted by Gasteiger charge is -2.16. The predicted molar refractivity (Wildman–Crippen MR) is 156 cm³/mol. The smallest absolute Gasteiger partial charge is 0.0181 e. The van der Waals surface area contributed by atoms with E-state index >= 15 is 0 Å². The van der Waals surface area contributed by atoms with Crippen molar-refractivity contribution in [2.75, 3.05) is 0 Å². The number of aryl methyl sites for hydroxylation is 1. The quantitative estimate of drug-likeness (QED) is 0.206. The molecule has 0 unspecified atom stereocenters. The minimum atomic E-state index is 0.803. The maximum absolute atomic E-state index is 4.54. The lowest BCUT2D eigenvalue weighted by Crippen LogP contribution is -1.95. The molecule has 35 heavy (non-hydrogen) atoms. The number of benzene rings is 6. The summed E-state index contributed by atoms with van der Waals surface area (Å²) in [6.45, 7) is 6.71. The van der Waals surface area contributed by atoms with Gasteiger partial charge in [-0.2, -0.15) is 0 Å². The molecule has 1 heteroatoms. The molecule has 0 saturated heterocycles. The van der Waals surface area contributed by atoms with Gasteiger partial charge in [-0.15, -0.1) is 0 Å². The number of allylic oxidation sites excluding steroid dienone is 1. The molecule has 168 valence electrons. The number of rotatable bonds is 4.